The molecule has 5 rings (SSSR count). The first-order chi connectivity index (χ1) is 16.6. The third-order valence-electron chi connectivity index (χ3n) is 5.87. The fraction of sp³-hybridized carbons (Fsp3) is 0.240. The van der Waals surface area contributed by atoms with Crippen LogP contribution in [0.4, 0.5) is 11.7 Å². The monoisotopic (exact) mass is 459 g/mol. The molecule has 9 nitrogen and oxygen atoms in total. The maximum Gasteiger partial charge on any atom is 0.299 e. The van der Waals surface area contributed by atoms with E-state index in [2.05, 4.69) is 27.2 Å². The number of anilines is 2. The molecule has 0 saturated carbocycles. The van der Waals surface area contributed by atoms with Crippen LogP contribution in [0.25, 0.3) is 22.6 Å². The Morgan fingerprint density at radius 3 is 2.62 bits per heavy atom. The fourth-order valence-corrected chi connectivity index (χ4v) is 3.97. The zero-order chi connectivity index (χ0) is 23.5. The smallest absolute Gasteiger partial charge is 0.299 e. The largest absolute Gasteiger partial charge is 0.496 e. The minimum Gasteiger partial charge on any atom is -0.496 e. The van der Waals surface area contributed by atoms with Crippen molar-refractivity contribution >= 4 is 17.6 Å². The number of rotatable bonds is 6. The maximum atomic E-state index is 13.2. The van der Waals surface area contributed by atoms with Crippen molar-refractivity contribution in [1.29, 1.82) is 0 Å². The molecule has 1 saturated heterocycles. The van der Waals surface area contributed by atoms with Gasteiger partial charge in [0, 0.05) is 43.5 Å². The number of aromatic nitrogens is 2. The van der Waals surface area contributed by atoms with Gasteiger partial charge in [-0.05, 0) is 25.2 Å². The van der Waals surface area contributed by atoms with Crippen molar-refractivity contribution in [3.63, 3.8) is 0 Å². The van der Waals surface area contributed by atoms with Crippen molar-refractivity contribution in [2.75, 3.05) is 45.7 Å². The number of carbonyl (C=O) groups excluding carboxylic acids is 1. The first-order valence-electron chi connectivity index (χ1n) is 11.0. The predicted molar refractivity (Wildman–Crippen MR) is 127 cm³/mol. The molecule has 3 heterocycles. The minimum absolute atomic E-state index is 0.00218. The Morgan fingerprint density at radius 2 is 1.85 bits per heavy atom. The Hall–Kier alpha value is -4.11. The lowest BCUT2D eigenvalue weighted by atomic mass is 10.0. The topological polar surface area (TPSA) is 96.9 Å². The van der Waals surface area contributed by atoms with Gasteiger partial charge in [0.2, 0.25) is 0 Å². The highest BCUT2D eigenvalue weighted by Crippen LogP contribution is 2.34. The molecular formula is C25H25N5O4. The first-order valence-corrected chi connectivity index (χ1v) is 11.0. The Bertz CT molecular complexity index is 1280. The lowest BCUT2D eigenvalue weighted by Gasteiger charge is -2.32. The van der Waals surface area contributed by atoms with Crippen LogP contribution in [0.5, 0.6) is 5.75 Å². The van der Waals surface area contributed by atoms with Crippen molar-refractivity contribution in [2.24, 2.45) is 0 Å². The molecular weight excluding hydrogens is 434 g/mol. The SMILES string of the molecule is COc1cc(Nc2ncc(-c3ccccc3C(=O)N3CCN(C)CC3)o2)ccc1-c1cnco1. The summed E-state index contributed by atoms with van der Waals surface area (Å²) >= 11 is 0. The normalized spacial score (nSPS) is 14.2. The number of oxazole rings is 2. The number of likely N-dealkylation sites (N-methyl/N-ethyl adjacent to an activating group) is 1. The Morgan fingerprint density at radius 1 is 1.03 bits per heavy atom. The molecule has 1 amide bonds. The van der Waals surface area contributed by atoms with Gasteiger partial charge in [0.05, 0.1) is 30.6 Å². The summed E-state index contributed by atoms with van der Waals surface area (Å²) in [5.41, 5.74) is 2.84. The first kappa shape index (κ1) is 21.7. The molecule has 174 valence electrons. The molecule has 2 aromatic carbocycles. The van der Waals surface area contributed by atoms with Gasteiger partial charge in [-0.2, -0.15) is 0 Å². The average molecular weight is 460 g/mol. The van der Waals surface area contributed by atoms with Crippen molar-refractivity contribution in [1.82, 2.24) is 19.8 Å². The van der Waals surface area contributed by atoms with Crippen LogP contribution in [-0.2, 0) is 0 Å². The van der Waals surface area contributed by atoms with E-state index in [-0.39, 0.29) is 5.91 Å². The molecule has 1 aliphatic heterocycles. The number of nitrogens with one attached hydrogen (secondary N) is 1. The number of hydrogen-bond acceptors (Lipinski definition) is 8. The van der Waals surface area contributed by atoms with Crippen molar-refractivity contribution in [3.8, 4) is 28.4 Å². The van der Waals surface area contributed by atoms with Crippen LogP contribution in [0.1, 0.15) is 10.4 Å². The van der Waals surface area contributed by atoms with Gasteiger partial charge >= 0.3 is 0 Å². The van der Waals surface area contributed by atoms with Gasteiger partial charge < -0.3 is 28.7 Å². The number of hydrogen-bond donors (Lipinski definition) is 1. The summed E-state index contributed by atoms with van der Waals surface area (Å²) in [4.78, 5) is 25.6. The van der Waals surface area contributed by atoms with Gasteiger partial charge in [0.25, 0.3) is 11.9 Å². The summed E-state index contributed by atoms with van der Waals surface area (Å²) < 4.78 is 16.9. The van der Waals surface area contributed by atoms with Crippen molar-refractivity contribution in [2.45, 2.75) is 0 Å². The fourth-order valence-electron chi connectivity index (χ4n) is 3.97. The maximum absolute atomic E-state index is 13.2. The molecule has 9 heteroatoms. The van der Waals surface area contributed by atoms with Gasteiger partial charge in [-0.3, -0.25) is 4.79 Å². The number of benzene rings is 2. The zero-order valence-corrected chi connectivity index (χ0v) is 19.0. The second kappa shape index (κ2) is 9.40. The molecule has 0 bridgehead atoms. The second-order valence-electron chi connectivity index (χ2n) is 8.08. The minimum atomic E-state index is 0.00218. The van der Waals surface area contributed by atoms with E-state index >= 15 is 0 Å². The number of methoxy groups -OCH3 is 1. The third-order valence-corrected chi connectivity index (χ3v) is 5.87. The summed E-state index contributed by atoms with van der Waals surface area (Å²) in [5.74, 6) is 1.76. The molecule has 2 aromatic heterocycles. The second-order valence-corrected chi connectivity index (χ2v) is 8.08. The number of nitrogens with zero attached hydrogens (tertiary/aromatic N) is 4. The van der Waals surface area contributed by atoms with Crippen LogP contribution in [0.3, 0.4) is 0 Å². The Kier molecular flexibility index (Phi) is 6.01. The van der Waals surface area contributed by atoms with Gasteiger partial charge in [-0.1, -0.05) is 18.2 Å². The number of piperazine rings is 1. The molecule has 1 aliphatic rings. The van der Waals surface area contributed by atoms with Crippen LogP contribution in [0.2, 0.25) is 0 Å². The molecule has 34 heavy (non-hydrogen) atoms. The van der Waals surface area contributed by atoms with Crippen LogP contribution in [-0.4, -0.2) is 66.0 Å². The van der Waals surface area contributed by atoms with Crippen molar-refractivity contribution in [3.05, 3.63) is 66.8 Å². The van der Waals surface area contributed by atoms with Crippen LogP contribution < -0.4 is 10.1 Å². The molecule has 1 fully saturated rings. The Labute approximate surface area is 197 Å². The lowest BCUT2D eigenvalue weighted by Crippen LogP contribution is -2.47. The van der Waals surface area contributed by atoms with E-state index in [1.165, 1.54) is 6.39 Å². The Balaban J connectivity index is 1.36. The van der Waals surface area contributed by atoms with Crippen LogP contribution >= 0.6 is 0 Å². The van der Waals surface area contributed by atoms with Crippen molar-refractivity contribution < 1.29 is 18.4 Å². The number of amides is 1. The van der Waals surface area contributed by atoms with E-state index in [9.17, 15) is 4.79 Å². The average Bonchev–Trinajstić information content (AvgIpc) is 3.57. The van der Waals surface area contributed by atoms with E-state index in [4.69, 9.17) is 13.6 Å². The van der Waals surface area contributed by atoms with E-state index in [0.717, 1.165) is 24.3 Å². The summed E-state index contributed by atoms with van der Waals surface area (Å²) in [5, 5.41) is 3.15. The summed E-state index contributed by atoms with van der Waals surface area (Å²) in [7, 11) is 3.66. The quantitative estimate of drug-likeness (QED) is 0.460. The van der Waals surface area contributed by atoms with Gasteiger partial charge in [-0.25, -0.2) is 9.97 Å². The van der Waals surface area contributed by atoms with E-state index in [0.29, 0.717) is 47.5 Å². The standard InChI is InChI=1S/C25H25N5O4/c1-29-9-11-30(12-10-29)24(31)19-6-4-3-5-18(19)23-15-27-25(34-23)28-17-7-8-20(21(13-17)32-2)22-14-26-16-33-22/h3-8,13-16H,9-12H2,1-2H3,(H,27,28). The molecule has 4 aromatic rings. The number of ether oxygens (including phenoxy) is 1. The summed E-state index contributed by atoms with van der Waals surface area (Å²) in [6.45, 7) is 3.14. The van der Waals surface area contributed by atoms with E-state index < -0.39 is 0 Å². The van der Waals surface area contributed by atoms with Crippen LogP contribution in [0.15, 0.2) is 70.1 Å². The highest BCUT2D eigenvalue weighted by molar-refractivity contribution is 6.00. The highest BCUT2D eigenvalue weighted by atomic mass is 16.5. The molecule has 0 atom stereocenters. The van der Waals surface area contributed by atoms with Gasteiger partial charge in [0.1, 0.15) is 5.75 Å². The predicted octanol–water partition coefficient (Wildman–Crippen LogP) is 4.14. The highest BCUT2D eigenvalue weighted by Gasteiger charge is 2.24. The number of carbonyl (C=O) groups is 1. The summed E-state index contributed by atoms with van der Waals surface area (Å²) in [6, 6.07) is 13.3. The third kappa shape index (κ3) is 4.38. The van der Waals surface area contributed by atoms with E-state index in [1.54, 1.807) is 19.5 Å². The molecule has 0 unspecified atom stereocenters. The van der Waals surface area contributed by atoms with Gasteiger partial charge in [-0.15, -0.1) is 0 Å². The summed E-state index contributed by atoms with van der Waals surface area (Å²) in [6.07, 6.45) is 4.63. The lowest BCUT2D eigenvalue weighted by molar-refractivity contribution is 0.0664. The zero-order valence-electron chi connectivity index (χ0n) is 19.0. The molecule has 0 spiro atoms. The van der Waals surface area contributed by atoms with E-state index in [1.807, 2.05) is 47.4 Å². The van der Waals surface area contributed by atoms with Crippen LogP contribution in [0, 0.1) is 0 Å². The van der Waals surface area contributed by atoms with Gasteiger partial charge in [0.15, 0.2) is 17.9 Å². The molecule has 0 radical (unpaired) electrons. The molecule has 0 aliphatic carbocycles. The molecule has 1 N–H and O–H groups in total.